The second-order valence-electron chi connectivity index (χ2n) is 13.6. The van der Waals surface area contributed by atoms with Crippen molar-refractivity contribution in [2.75, 3.05) is 13.2 Å². The lowest BCUT2D eigenvalue weighted by atomic mass is 9.74. The van der Waals surface area contributed by atoms with Crippen molar-refractivity contribution in [2.24, 2.45) is 35.5 Å². The molecule has 0 aromatic rings. The predicted molar refractivity (Wildman–Crippen MR) is 167 cm³/mol. The third-order valence-corrected chi connectivity index (χ3v) is 8.09. The lowest BCUT2D eigenvalue weighted by Crippen LogP contribution is -2.33. The number of hydrogen-bond acceptors (Lipinski definition) is 4. The molecule has 0 saturated carbocycles. The molecule has 39 heavy (non-hydrogen) atoms. The monoisotopic (exact) mass is 553 g/mol. The quantitative estimate of drug-likeness (QED) is 0.0791. The molecule has 0 spiro atoms. The first-order valence-electron chi connectivity index (χ1n) is 16.9. The molecule has 2 atom stereocenters. The van der Waals surface area contributed by atoms with Crippen molar-refractivity contribution in [3.8, 4) is 0 Å². The van der Waals surface area contributed by atoms with Crippen LogP contribution in [-0.2, 0) is 19.1 Å². The van der Waals surface area contributed by atoms with Gasteiger partial charge >= 0.3 is 11.9 Å². The molecule has 0 radical (unpaired) electrons. The molecule has 0 aliphatic rings. The van der Waals surface area contributed by atoms with Gasteiger partial charge in [-0.2, -0.15) is 0 Å². The smallest absolute Gasteiger partial charge is 0.309 e. The van der Waals surface area contributed by atoms with E-state index in [0.717, 1.165) is 44.9 Å². The topological polar surface area (TPSA) is 52.6 Å². The van der Waals surface area contributed by atoms with E-state index in [4.69, 9.17) is 9.47 Å². The van der Waals surface area contributed by atoms with Gasteiger partial charge in [-0.1, -0.05) is 120 Å². The molecule has 0 aliphatic carbocycles. The SMILES string of the molecule is CC(C)CCCOC(=O)CCCCCCCCCCCCCC(C(C)C)C(C(=O)OCCCC(C)C)C(C)C. The molecular formula is C35H68O4. The lowest BCUT2D eigenvalue weighted by molar-refractivity contribution is -0.153. The molecule has 0 bridgehead atoms. The second kappa shape index (κ2) is 24.7. The largest absolute Gasteiger partial charge is 0.466 e. The van der Waals surface area contributed by atoms with Crippen molar-refractivity contribution in [3.05, 3.63) is 0 Å². The van der Waals surface area contributed by atoms with Crippen LogP contribution in [0.2, 0.25) is 0 Å². The van der Waals surface area contributed by atoms with Crippen molar-refractivity contribution in [1.82, 2.24) is 0 Å². The fourth-order valence-electron chi connectivity index (χ4n) is 5.62. The number of carbonyl (C=O) groups is 2. The molecule has 232 valence electrons. The van der Waals surface area contributed by atoms with E-state index in [1.165, 1.54) is 57.8 Å². The molecule has 0 rings (SSSR count). The van der Waals surface area contributed by atoms with Crippen LogP contribution in [0.3, 0.4) is 0 Å². The Morgan fingerprint density at radius 1 is 0.487 bits per heavy atom. The van der Waals surface area contributed by atoms with Crippen molar-refractivity contribution in [2.45, 2.75) is 165 Å². The minimum atomic E-state index is -0.0183. The molecule has 0 amide bonds. The summed E-state index contributed by atoms with van der Waals surface area (Å²) in [7, 11) is 0. The summed E-state index contributed by atoms with van der Waals surface area (Å²) >= 11 is 0. The summed E-state index contributed by atoms with van der Waals surface area (Å²) in [6.07, 6.45) is 19.6. The molecule has 0 aromatic carbocycles. The van der Waals surface area contributed by atoms with Crippen LogP contribution in [0.15, 0.2) is 0 Å². The first kappa shape index (κ1) is 37.9. The Morgan fingerprint density at radius 3 is 1.36 bits per heavy atom. The highest BCUT2D eigenvalue weighted by molar-refractivity contribution is 5.73. The maximum atomic E-state index is 12.9. The number of ether oxygens (including phenoxy) is 2. The number of esters is 2. The fourth-order valence-corrected chi connectivity index (χ4v) is 5.62. The maximum absolute atomic E-state index is 12.9. The van der Waals surface area contributed by atoms with Gasteiger partial charge in [0.25, 0.3) is 0 Å². The molecule has 0 N–H and O–H groups in total. The molecule has 0 aliphatic heterocycles. The van der Waals surface area contributed by atoms with Gasteiger partial charge in [0.15, 0.2) is 0 Å². The highest BCUT2D eigenvalue weighted by Crippen LogP contribution is 2.33. The van der Waals surface area contributed by atoms with Gasteiger partial charge in [0, 0.05) is 6.42 Å². The van der Waals surface area contributed by atoms with Gasteiger partial charge < -0.3 is 9.47 Å². The Morgan fingerprint density at radius 2 is 0.923 bits per heavy atom. The van der Waals surface area contributed by atoms with Crippen molar-refractivity contribution in [3.63, 3.8) is 0 Å². The van der Waals surface area contributed by atoms with Crippen LogP contribution < -0.4 is 0 Å². The summed E-state index contributed by atoms with van der Waals surface area (Å²) in [5.41, 5.74) is 0. The minimum Gasteiger partial charge on any atom is -0.466 e. The highest BCUT2D eigenvalue weighted by atomic mass is 16.5. The zero-order valence-electron chi connectivity index (χ0n) is 27.5. The minimum absolute atomic E-state index is 0.0180. The number of hydrogen-bond donors (Lipinski definition) is 0. The first-order chi connectivity index (χ1) is 18.6. The summed E-state index contributed by atoms with van der Waals surface area (Å²) in [4.78, 5) is 24.7. The number of rotatable bonds is 26. The predicted octanol–water partition coefficient (Wildman–Crippen LogP) is 10.6. The molecule has 0 aromatic heterocycles. The summed E-state index contributed by atoms with van der Waals surface area (Å²) in [6, 6.07) is 0. The third kappa shape index (κ3) is 22.3. The van der Waals surface area contributed by atoms with Crippen LogP contribution in [0.5, 0.6) is 0 Å². The van der Waals surface area contributed by atoms with E-state index >= 15 is 0 Å². The van der Waals surface area contributed by atoms with Crippen LogP contribution in [0.4, 0.5) is 0 Å². The van der Waals surface area contributed by atoms with E-state index in [-0.39, 0.29) is 17.9 Å². The highest BCUT2D eigenvalue weighted by Gasteiger charge is 2.33. The molecular weight excluding hydrogens is 484 g/mol. The van der Waals surface area contributed by atoms with Crippen LogP contribution in [-0.4, -0.2) is 25.2 Å². The number of unbranched alkanes of at least 4 members (excludes halogenated alkanes) is 10. The standard InChI is InChI=1S/C35H68O4/c1-28(2)22-20-26-38-33(36)25-19-17-15-13-11-9-10-12-14-16-18-24-32(30(5)6)34(31(7)8)35(37)39-27-21-23-29(3)4/h28-32,34H,9-27H2,1-8H3. The van der Waals surface area contributed by atoms with Crippen molar-refractivity contribution < 1.29 is 19.1 Å². The summed E-state index contributed by atoms with van der Waals surface area (Å²) in [5.74, 6) is 2.60. The van der Waals surface area contributed by atoms with Gasteiger partial charge in [-0.3, -0.25) is 9.59 Å². The van der Waals surface area contributed by atoms with Crippen molar-refractivity contribution >= 4 is 11.9 Å². The normalized spacial score (nSPS) is 13.4. The van der Waals surface area contributed by atoms with Crippen LogP contribution in [0.1, 0.15) is 165 Å². The summed E-state index contributed by atoms with van der Waals surface area (Å²) < 4.78 is 11.0. The molecule has 0 heterocycles. The first-order valence-corrected chi connectivity index (χ1v) is 16.9. The summed E-state index contributed by atoms with van der Waals surface area (Å²) in [6.45, 7) is 18.9. The van der Waals surface area contributed by atoms with Crippen LogP contribution >= 0.6 is 0 Å². The van der Waals surface area contributed by atoms with Crippen molar-refractivity contribution in [1.29, 1.82) is 0 Å². The van der Waals surface area contributed by atoms with E-state index < -0.39 is 0 Å². The Labute approximate surface area is 244 Å². The average Bonchev–Trinajstić information content (AvgIpc) is 2.85. The van der Waals surface area contributed by atoms with E-state index in [1.807, 2.05) is 0 Å². The van der Waals surface area contributed by atoms with Gasteiger partial charge in [-0.05, 0) is 68.1 Å². The lowest BCUT2D eigenvalue weighted by Gasteiger charge is -2.31. The molecule has 2 unspecified atom stereocenters. The number of carbonyl (C=O) groups excluding carboxylic acids is 2. The van der Waals surface area contributed by atoms with Gasteiger partial charge in [-0.25, -0.2) is 0 Å². The molecule has 4 heteroatoms. The van der Waals surface area contributed by atoms with E-state index in [0.29, 0.717) is 49.2 Å². The third-order valence-electron chi connectivity index (χ3n) is 8.09. The van der Waals surface area contributed by atoms with Crippen LogP contribution in [0.25, 0.3) is 0 Å². The maximum Gasteiger partial charge on any atom is 0.309 e. The van der Waals surface area contributed by atoms with Gasteiger partial charge in [0.1, 0.15) is 0 Å². The van der Waals surface area contributed by atoms with Crippen LogP contribution in [0, 0.1) is 35.5 Å². The van der Waals surface area contributed by atoms with Gasteiger partial charge in [0.05, 0.1) is 19.1 Å². The zero-order valence-corrected chi connectivity index (χ0v) is 27.5. The molecule has 0 fully saturated rings. The fraction of sp³-hybridized carbons (Fsp3) is 0.943. The Bertz CT molecular complexity index is 581. The summed E-state index contributed by atoms with van der Waals surface area (Å²) in [5, 5.41) is 0. The Balaban J connectivity index is 3.88. The Hall–Kier alpha value is -1.06. The average molecular weight is 553 g/mol. The molecule has 0 saturated heterocycles. The molecule has 4 nitrogen and oxygen atoms in total. The van der Waals surface area contributed by atoms with E-state index in [2.05, 4.69) is 55.4 Å². The second-order valence-corrected chi connectivity index (χ2v) is 13.6. The van der Waals surface area contributed by atoms with Gasteiger partial charge in [-0.15, -0.1) is 0 Å². The zero-order chi connectivity index (χ0) is 29.5. The Kier molecular flexibility index (Phi) is 24.0. The van der Waals surface area contributed by atoms with Gasteiger partial charge in [0.2, 0.25) is 0 Å². The van der Waals surface area contributed by atoms with E-state index in [9.17, 15) is 9.59 Å². The van der Waals surface area contributed by atoms with E-state index in [1.54, 1.807) is 0 Å².